The second kappa shape index (κ2) is 4.50. The van der Waals surface area contributed by atoms with Gasteiger partial charge in [-0.3, -0.25) is 4.90 Å². The molecule has 1 aromatic carbocycles. The maximum absolute atomic E-state index is 11.6. The van der Waals surface area contributed by atoms with Gasteiger partial charge in [0.1, 0.15) is 6.61 Å². The highest BCUT2D eigenvalue weighted by molar-refractivity contribution is 5.77. The van der Waals surface area contributed by atoms with Gasteiger partial charge in [-0.15, -0.1) is 0 Å². The molecule has 1 fully saturated rings. The lowest BCUT2D eigenvalue weighted by Crippen LogP contribution is -2.24. The number of methoxy groups -OCH3 is 2. The van der Waals surface area contributed by atoms with Gasteiger partial charge < -0.3 is 14.2 Å². The van der Waals surface area contributed by atoms with E-state index in [1.165, 1.54) is 0 Å². The summed E-state index contributed by atoms with van der Waals surface area (Å²) in [6.07, 6.45) is 2.48. The SMILES string of the molecule is COc1cc2c(cc1OC)CCN1C(=O)OCC1=C2. The van der Waals surface area contributed by atoms with Crippen molar-refractivity contribution in [1.82, 2.24) is 4.90 Å². The van der Waals surface area contributed by atoms with Gasteiger partial charge in [-0.25, -0.2) is 4.79 Å². The van der Waals surface area contributed by atoms with Crippen LogP contribution in [-0.4, -0.2) is 38.4 Å². The van der Waals surface area contributed by atoms with Crippen LogP contribution >= 0.6 is 0 Å². The van der Waals surface area contributed by atoms with E-state index < -0.39 is 0 Å². The van der Waals surface area contributed by atoms with Crippen LogP contribution in [0.1, 0.15) is 11.1 Å². The Balaban J connectivity index is 2.07. The van der Waals surface area contributed by atoms with Gasteiger partial charge in [0.2, 0.25) is 0 Å². The summed E-state index contributed by atoms with van der Waals surface area (Å²) in [5, 5.41) is 0. The van der Waals surface area contributed by atoms with Crippen molar-refractivity contribution in [3.63, 3.8) is 0 Å². The first kappa shape index (κ1) is 11.9. The van der Waals surface area contributed by atoms with Crippen LogP contribution in [0.5, 0.6) is 11.5 Å². The molecule has 0 unspecified atom stereocenters. The van der Waals surface area contributed by atoms with Gasteiger partial charge in [0.15, 0.2) is 11.5 Å². The molecule has 2 aliphatic heterocycles. The van der Waals surface area contributed by atoms with E-state index in [1.807, 2.05) is 18.2 Å². The van der Waals surface area contributed by atoms with Crippen molar-refractivity contribution < 1.29 is 19.0 Å². The zero-order valence-electron chi connectivity index (χ0n) is 10.9. The van der Waals surface area contributed by atoms with Crippen LogP contribution < -0.4 is 9.47 Å². The van der Waals surface area contributed by atoms with Gasteiger partial charge in [0.05, 0.1) is 19.9 Å². The molecule has 100 valence electrons. The topological polar surface area (TPSA) is 48.0 Å². The molecule has 0 saturated carbocycles. The largest absolute Gasteiger partial charge is 0.493 e. The number of carbonyl (C=O) groups is 1. The van der Waals surface area contributed by atoms with Crippen LogP contribution in [-0.2, 0) is 11.2 Å². The lowest BCUT2D eigenvalue weighted by molar-refractivity contribution is 0.159. The summed E-state index contributed by atoms with van der Waals surface area (Å²) in [5.41, 5.74) is 3.09. The van der Waals surface area contributed by atoms with Gasteiger partial charge in [0, 0.05) is 6.54 Å². The Morgan fingerprint density at radius 1 is 1.21 bits per heavy atom. The second-order valence-electron chi connectivity index (χ2n) is 4.50. The van der Waals surface area contributed by atoms with Crippen LogP contribution in [0, 0.1) is 0 Å². The summed E-state index contributed by atoms with van der Waals surface area (Å²) in [6.45, 7) is 0.972. The van der Waals surface area contributed by atoms with Gasteiger partial charge >= 0.3 is 6.09 Å². The molecule has 1 saturated heterocycles. The zero-order valence-corrected chi connectivity index (χ0v) is 10.9. The van der Waals surface area contributed by atoms with Gasteiger partial charge in [0.25, 0.3) is 0 Å². The van der Waals surface area contributed by atoms with Gasteiger partial charge in [-0.2, -0.15) is 0 Å². The van der Waals surface area contributed by atoms with Gasteiger partial charge in [-0.05, 0) is 35.8 Å². The lowest BCUT2D eigenvalue weighted by Gasteiger charge is -2.12. The third-order valence-electron chi connectivity index (χ3n) is 3.48. The molecule has 3 rings (SSSR count). The maximum atomic E-state index is 11.6. The van der Waals surface area contributed by atoms with Crippen molar-refractivity contribution in [2.45, 2.75) is 6.42 Å². The lowest BCUT2D eigenvalue weighted by atomic mass is 10.0. The van der Waals surface area contributed by atoms with Crippen molar-refractivity contribution in [2.75, 3.05) is 27.4 Å². The van der Waals surface area contributed by atoms with E-state index in [1.54, 1.807) is 19.1 Å². The third-order valence-corrected chi connectivity index (χ3v) is 3.48. The molecular formula is C14H15NO4. The Bertz CT molecular complexity index is 565. The van der Waals surface area contributed by atoms with Crippen LogP contribution in [0.4, 0.5) is 4.79 Å². The molecule has 19 heavy (non-hydrogen) atoms. The predicted octanol–water partition coefficient (Wildman–Crippen LogP) is 2.05. The first-order chi connectivity index (χ1) is 9.22. The number of nitrogens with zero attached hydrogens (tertiary/aromatic N) is 1. The fraction of sp³-hybridized carbons (Fsp3) is 0.357. The molecule has 0 N–H and O–H groups in total. The van der Waals surface area contributed by atoms with E-state index >= 15 is 0 Å². The quantitative estimate of drug-likeness (QED) is 0.817. The van der Waals surface area contributed by atoms with Crippen molar-refractivity contribution in [1.29, 1.82) is 0 Å². The highest BCUT2D eigenvalue weighted by Gasteiger charge is 2.29. The minimum absolute atomic E-state index is 0.266. The third kappa shape index (κ3) is 1.91. The minimum atomic E-state index is -0.266. The number of hydrogen-bond acceptors (Lipinski definition) is 4. The van der Waals surface area contributed by atoms with Crippen LogP contribution in [0.25, 0.3) is 6.08 Å². The number of cyclic esters (lactones) is 1. The smallest absolute Gasteiger partial charge is 0.414 e. The Labute approximate surface area is 111 Å². The number of ether oxygens (including phenoxy) is 3. The average Bonchev–Trinajstić information content (AvgIpc) is 2.68. The number of fused-ring (bicyclic) bond motifs is 2. The minimum Gasteiger partial charge on any atom is -0.493 e. The number of amides is 1. The molecule has 2 aliphatic rings. The maximum Gasteiger partial charge on any atom is 0.414 e. The van der Waals surface area contributed by atoms with Crippen molar-refractivity contribution in [3.05, 3.63) is 29.0 Å². The standard InChI is InChI=1S/C14H15NO4/c1-17-12-6-9-3-4-15-11(8-19-14(15)16)5-10(9)7-13(12)18-2/h5-7H,3-4,8H2,1-2H3. The van der Waals surface area contributed by atoms with Crippen LogP contribution in [0.2, 0.25) is 0 Å². The molecule has 0 spiro atoms. The normalized spacial score (nSPS) is 17.1. The summed E-state index contributed by atoms with van der Waals surface area (Å²) in [4.78, 5) is 13.3. The molecule has 1 amide bonds. The van der Waals surface area contributed by atoms with E-state index in [0.717, 1.165) is 23.2 Å². The van der Waals surface area contributed by atoms with Crippen molar-refractivity contribution in [3.8, 4) is 11.5 Å². The molecule has 5 heteroatoms. The number of benzene rings is 1. The average molecular weight is 261 g/mol. The Morgan fingerprint density at radius 3 is 2.68 bits per heavy atom. The molecular weight excluding hydrogens is 246 g/mol. The molecule has 2 heterocycles. The highest BCUT2D eigenvalue weighted by atomic mass is 16.6. The Hall–Kier alpha value is -2.17. The van der Waals surface area contributed by atoms with E-state index in [2.05, 4.69) is 0 Å². The first-order valence-electron chi connectivity index (χ1n) is 6.12. The monoisotopic (exact) mass is 261 g/mol. The van der Waals surface area contributed by atoms with Crippen LogP contribution in [0.3, 0.4) is 0 Å². The Kier molecular flexibility index (Phi) is 2.81. The van der Waals surface area contributed by atoms with Crippen molar-refractivity contribution in [2.24, 2.45) is 0 Å². The number of hydrogen-bond donors (Lipinski definition) is 0. The molecule has 0 aliphatic carbocycles. The molecule has 5 nitrogen and oxygen atoms in total. The molecule has 0 atom stereocenters. The van der Waals surface area contributed by atoms with E-state index in [9.17, 15) is 4.79 Å². The molecule has 0 aromatic heterocycles. The van der Waals surface area contributed by atoms with Crippen LogP contribution in [0.15, 0.2) is 17.8 Å². The summed E-state index contributed by atoms with van der Waals surface area (Å²) < 4.78 is 15.7. The van der Waals surface area contributed by atoms with Crippen molar-refractivity contribution >= 4 is 12.2 Å². The highest BCUT2D eigenvalue weighted by Crippen LogP contribution is 2.34. The van der Waals surface area contributed by atoms with E-state index in [4.69, 9.17) is 14.2 Å². The summed E-state index contributed by atoms with van der Waals surface area (Å²) >= 11 is 0. The number of carbonyl (C=O) groups excluding carboxylic acids is 1. The fourth-order valence-electron chi connectivity index (χ4n) is 2.46. The molecule has 0 radical (unpaired) electrons. The second-order valence-corrected chi connectivity index (χ2v) is 4.50. The molecule has 0 bridgehead atoms. The van der Waals surface area contributed by atoms with E-state index in [0.29, 0.717) is 24.7 Å². The molecule has 1 aromatic rings. The van der Waals surface area contributed by atoms with Gasteiger partial charge in [-0.1, -0.05) is 0 Å². The predicted molar refractivity (Wildman–Crippen MR) is 69.3 cm³/mol. The Morgan fingerprint density at radius 2 is 1.95 bits per heavy atom. The fourth-order valence-corrected chi connectivity index (χ4v) is 2.46. The summed E-state index contributed by atoms with van der Waals surface area (Å²) in [7, 11) is 3.23. The zero-order chi connectivity index (χ0) is 13.4. The first-order valence-corrected chi connectivity index (χ1v) is 6.12. The number of rotatable bonds is 2. The van der Waals surface area contributed by atoms with E-state index in [-0.39, 0.29) is 6.09 Å². The summed E-state index contributed by atoms with van der Waals surface area (Å²) in [6, 6.07) is 3.91. The summed E-state index contributed by atoms with van der Waals surface area (Å²) in [5.74, 6) is 1.40.